The van der Waals surface area contributed by atoms with Crippen molar-refractivity contribution in [2.45, 2.75) is 12.2 Å². The summed E-state index contributed by atoms with van der Waals surface area (Å²) in [6.45, 7) is 1.65. The molecule has 1 aromatic carbocycles. The maximum atomic E-state index is 11.7. The minimum Gasteiger partial charge on any atom is -0.497 e. The molecule has 16 heavy (non-hydrogen) atoms. The van der Waals surface area contributed by atoms with Crippen LogP contribution in [0.1, 0.15) is 6.92 Å². The number of hydrogen-bond acceptors (Lipinski definition) is 4. The second kappa shape index (κ2) is 5.18. The Kier molecular flexibility index (Phi) is 4.14. The van der Waals surface area contributed by atoms with Crippen molar-refractivity contribution in [2.75, 3.05) is 18.4 Å². The van der Waals surface area contributed by atoms with Crippen LogP contribution < -0.4 is 15.2 Å². The lowest BCUT2D eigenvalue weighted by Crippen LogP contribution is -2.31. The zero-order valence-corrected chi connectivity index (χ0v) is 10.1. The highest BCUT2D eigenvalue weighted by Crippen LogP contribution is 2.17. The standard InChI is InChI=1S/C10H16N2O3S/c1-8(7-11)16(13,14)12-9-3-5-10(15-2)6-4-9/h3-6,8,12H,7,11H2,1-2H3. The van der Waals surface area contributed by atoms with Crippen LogP contribution in [0.15, 0.2) is 24.3 Å². The van der Waals surface area contributed by atoms with Crippen molar-refractivity contribution in [3.63, 3.8) is 0 Å². The molecule has 90 valence electrons. The lowest BCUT2D eigenvalue weighted by atomic mass is 10.3. The highest BCUT2D eigenvalue weighted by atomic mass is 32.2. The maximum absolute atomic E-state index is 11.7. The molecular weight excluding hydrogens is 228 g/mol. The van der Waals surface area contributed by atoms with Gasteiger partial charge in [0, 0.05) is 12.2 Å². The number of nitrogens with one attached hydrogen (secondary N) is 1. The molecule has 0 saturated carbocycles. The normalized spacial score (nSPS) is 13.2. The van der Waals surface area contributed by atoms with E-state index in [1.807, 2.05) is 0 Å². The van der Waals surface area contributed by atoms with Gasteiger partial charge in [-0.1, -0.05) is 0 Å². The molecule has 0 amide bonds. The second-order valence-corrected chi connectivity index (χ2v) is 5.52. The van der Waals surface area contributed by atoms with E-state index in [1.165, 1.54) is 0 Å². The lowest BCUT2D eigenvalue weighted by Gasteiger charge is -2.12. The minimum atomic E-state index is -3.40. The Balaban J connectivity index is 2.80. The van der Waals surface area contributed by atoms with Crippen molar-refractivity contribution < 1.29 is 13.2 Å². The smallest absolute Gasteiger partial charge is 0.236 e. The quantitative estimate of drug-likeness (QED) is 0.802. The summed E-state index contributed by atoms with van der Waals surface area (Å²) in [5.74, 6) is 0.676. The van der Waals surface area contributed by atoms with Gasteiger partial charge in [-0.15, -0.1) is 0 Å². The SMILES string of the molecule is COc1ccc(NS(=O)(=O)C(C)CN)cc1. The molecule has 1 atom stereocenters. The Hall–Kier alpha value is -1.27. The Morgan fingerprint density at radius 1 is 1.38 bits per heavy atom. The van der Waals surface area contributed by atoms with Gasteiger partial charge in [0.15, 0.2) is 0 Å². The first-order valence-electron chi connectivity index (χ1n) is 4.85. The van der Waals surface area contributed by atoms with E-state index in [0.29, 0.717) is 11.4 Å². The maximum Gasteiger partial charge on any atom is 0.236 e. The van der Waals surface area contributed by atoms with Crippen LogP contribution >= 0.6 is 0 Å². The van der Waals surface area contributed by atoms with Crippen LogP contribution in [0.3, 0.4) is 0 Å². The van der Waals surface area contributed by atoms with Crippen LogP contribution in [-0.2, 0) is 10.0 Å². The fourth-order valence-electron chi connectivity index (χ4n) is 1.05. The summed E-state index contributed by atoms with van der Waals surface area (Å²) in [5.41, 5.74) is 5.82. The van der Waals surface area contributed by atoms with Gasteiger partial charge in [0.1, 0.15) is 5.75 Å². The number of sulfonamides is 1. The van der Waals surface area contributed by atoms with E-state index < -0.39 is 15.3 Å². The van der Waals surface area contributed by atoms with Crippen molar-refractivity contribution in [1.82, 2.24) is 0 Å². The van der Waals surface area contributed by atoms with Crippen molar-refractivity contribution in [2.24, 2.45) is 5.73 Å². The number of nitrogens with two attached hydrogens (primary N) is 1. The molecule has 0 aliphatic carbocycles. The van der Waals surface area contributed by atoms with Crippen LogP contribution in [0.5, 0.6) is 5.75 Å². The summed E-state index contributed by atoms with van der Waals surface area (Å²) < 4.78 is 30.8. The van der Waals surface area contributed by atoms with Crippen LogP contribution in [0.4, 0.5) is 5.69 Å². The van der Waals surface area contributed by atoms with Crippen LogP contribution in [0.2, 0.25) is 0 Å². The van der Waals surface area contributed by atoms with Crippen molar-refractivity contribution in [3.05, 3.63) is 24.3 Å². The van der Waals surface area contributed by atoms with Crippen molar-refractivity contribution in [1.29, 1.82) is 0 Å². The third-order valence-corrected chi connectivity index (χ3v) is 3.98. The molecule has 1 aromatic rings. The average molecular weight is 244 g/mol. The van der Waals surface area contributed by atoms with Crippen LogP contribution in [0, 0.1) is 0 Å². The van der Waals surface area contributed by atoms with E-state index in [0.717, 1.165) is 0 Å². The van der Waals surface area contributed by atoms with E-state index in [9.17, 15) is 8.42 Å². The average Bonchev–Trinajstić information content (AvgIpc) is 2.28. The van der Waals surface area contributed by atoms with Crippen molar-refractivity contribution >= 4 is 15.7 Å². The highest BCUT2D eigenvalue weighted by Gasteiger charge is 2.18. The fourth-order valence-corrected chi connectivity index (χ4v) is 1.97. The molecule has 1 rings (SSSR count). The van der Waals surface area contributed by atoms with Gasteiger partial charge in [-0.3, -0.25) is 4.72 Å². The first kappa shape index (κ1) is 12.8. The minimum absolute atomic E-state index is 0.0888. The molecule has 0 fully saturated rings. The molecular formula is C10H16N2O3S. The molecule has 0 bridgehead atoms. The highest BCUT2D eigenvalue weighted by molar-refractivity contribution is 7.93. The van der Waals surface area contributed by atoms with Gasteiger partial charge < -0.3 is 10.5 Å². The zero-order valence-electron chi connectivity index (χ0n) is 9.30. The number of benzene rings is 1. The van der Waals surface area contributed by atoms with Crippen molar-refractivity contribution in [3.8, 4) is 5.75 Å². The number of anilines is 1. The molecule has 5 nitrogen and oxygen atoms in total. The molecule has 0 heterocycles. The third-order valence-electron chi connectivity index (χ3n) is 2.21. The van der Waals surface area contributed by atoms with E-state index in [2.05, 4.69) is 4.72 Å². The summed E-state index contributed by atoms with van der Waals surface area (Å²) >= 11 is 0. The fraction of sp³-hybridized carbons (Fsp3) is 0.400. The van der Waals surface area contributed by atoms with E-state index in [1.54, 1.807) is 38.3 Å². The Morgan fingerprint density at radius 3 is 2.38 bits per heavy atom. The second-order valence-electron chi connectivity index (χ2n) is 3.42. The first-order valence-corrected chi connectivity index (χ1v) is 6.40. The summed E-state index contributed by atoms with van der Waals surface area (Å²) in [7, 11) is -1.85. The topological polar surface area (TPSA) is 81.4 Å². The van der Waals surface area contributed by atoms with E-state index >= 15 is 0 Å². The van der Waals surface area contributed by atoms with Crippen LogP contribution in [-0.4, -0.2) is 27.3 Å². The van der Waals surface area contributed by atoms with Gasteiger partial charge in [-0.05, 0) is 31.2 Å². The number of rotatable bonds is 5. The molecule has 0 aliphatic heterocycles. The summed E-state index contributed by atoms with van der Waals surface area (Å²) in [5, 5.41) is -0.616. The first-order chi connectivity index (χ1) is 7.49. The van der Waals surface area contributed by atoms with Gasteiger partial charge in [-0.25, -0.2) is 8.42 Å². The van der Waals surface area contributed by atoms with Gasteiger partial charge >= 0.3 is 0 Å². The Bertz CT molecular complexity index is 428. The lowest BCUT2D eigenvalue weighted by molar-refractivity contribution is 0.415. The molecule has 1 unspecified atom stereocenters. The molecule has 0 saturated heterocycles. The molecule has 6 heteroatoms. The number of methoxy groups -OCH3 is 1. The largest absolute Gasteiger partial charge is 0.497 e. The van der Waals surface area contributed by atoms with Gasteiger partial charge in [0.25, 0.3) is 0 Å². The number of hydrogen-bond donors (Lipinski definition) is 2. The summed E-state index contributed by atoms with van der Waals surface area (Å²) in [4.78, 5) is 0. The predicted octanol–water partition coefficient (Wildman–Crippen LogP) is 0.784. The summed E-state index contributed by atoms with van der Waals surface area (Å²) in [6.07, 6.45) is 0. The number of ether oxygens (including phenoxy) is 1. The molecule has 0 aliphatic rings. The molecule has 3 N–H and O–H groups in total. The summed E-state index contributed by atoms with van der Waals surface area (Å²) in [6, 6.07) is 6.65. The molecule has 0 radical (unpaired) electrons. The zero-order chi connectivity index (χ0) is 12.2. The van der Waals surface area contributed by atoms with E-state index in [4.69, 9.17) is 10.5 Å². The Morgan fingerprint density at radius 2 is 1.94 bits per heavy atom. The van der Waals surface area contributed by atoms with Crippen LogP contribution in [0.25, 0.3) is 0 Å². The van der Waals surface area contributed by atoms with E-state index in [-0.39, 0.29) is 6.54 Å². The third kappa shape index (κ3) is 3.11. The molecule has 0 spiro atoms. The molecule has 0 aromatic heterocycles. The van der Waals surface area contributed by atoms with Gasteiger partial charge in [0.2, 0.25) is 10.0 Å². The van der Waals surface area contributed by atoms with Gasteiger partial charge in [-0.2, -0.15) is 0 Å². The van der Waals surface area contributed by atoms with Gasteiger partial charge in [0.05, 0.1) is 12.4 Å². The Labute approximate surface area is 95.7 Å². The monoisotopic (exact) mass is 244 g/mol. The predicted molar refractivity (Wildman–Crippen MR) is 64.1 cm³/mol.